The van der Waals surface area contributed by atoms with E-state index in [0.717, 1.165) is 0 Å². The van der Waals surface area contributed by atoms with Crippen molar-refractivity contribution in [2.75, 3.05) is 55.4 Å². The summed E-state index contributed by atoms with van der Waals surface area (Å²) < 4.78 is 11.3. The van der Waals surface area contributed by atoms with Crippen LogP contribution in [0.3, 0.4) is 0 Å². The molecule has 0 aliphatic heterocycles. The van der Waals surface area contributed by atoms with Crippen LogP contribution in [-0.4, -0.2) is 75.3 Å². The fourth-order valence-corrected chi connectivity index (χ4v) is 5.14. The molecule has 0 saturated heterocycles. The van der Waals surface area contributed by atoms with Crippen LogP contribution in [0.5, 0.6) is 0 Å². The van der Waals surface area contributed by atoms with E-state index >= 15 is 0 Å². The number of nitrogens with one attached hydrogen (secondary N) is 1. The molecule has 0 atom stereocenters. The van der Waals surface area contributed by atoms with Crippen LogP contribution in [0.4, 0.5) is 0 Å². The molecule has 0 heterocycles. The highest BCUT2D eigenvalue weighted by molar-refractivity contribution is 7.59. The predicted molar refractivity (Wildman–Crippen MR) is 74.0 cm³/mol. The molecule has 0 saturated carbocycles. The Morgan fingerprint density at radius 1 is 1.06 bits per heavy atom. The monoisotopic (exact) mass is 263 g/mol. The van der Waals surface area contributed by atoms with Crippen molar-refractivity contribution in [1.29, 1.82) is 0 Å². The molecule has 0 rings (SSSR count). The van der Waals surface area contributed by atoms with Gasteiger partial charge in [-0.05, 0) is 42.3 Å². The Morgan fingerprint density at radius 3 is 1.76 bits per heavy atom. The van der Waals surface area contributed by atoms with Gasteiger partial charge in [0.1, 0.15) is 0 Å². The van der Waals surface area contributed by atoms with E-state index in [1.165, 1.54) is 6.92 Å². The van der Waals surface area contributed by atoms with Gasteiger partial charge in [0.05, 0.1) is 6.54 Å². The van der Waals surface area contributed by atoms with Crippen LogP contribution in [0.15, 0.2) is 4.74 Å². The topological polar surface area (TPSA) is 51.2 Å². The Kier molecular flexibility index (Phi) is 6.94. The second-order valence-electron chi connectivity index (χ2n) is 4.43. The van der Waals surface area contributed by atoms with Crippen molar-refractivity contribution in [1.82, 2.24) is 19.3 Å². The molecule has 0 aromatic rings. The van der Waals surface area contributed by atoms with Gasteiger partial charge in [0.15, 0.2) is 7.51 Å². The molecule has 0 bridgehead atoms. The van der Waals surface area contributed by atoms with Crippen LogP contribution < -0.4 is 5.32 Å². The van der Waals surface area contributed by atoms with Gasteiger partial charge in [0.25, 0.3) is 0 Å². The smallest absolute Gasteiger partial charge is 0.216 e. The number of amides is 1. The maximum absolute atomic E-state index is 10.8. The summed E-state index contributed by atoms with van der Waals surface area (Å²) in [4.78, 5) is 10.8. The molecule has 102 valence electrons. The lowest BCUT2D eigenvalue weighted by atomic mass is 10.6. The van der Waals surface area contributed by atoms with Gasteiger partial charge < -0.3 is 5.32 Å². The molecule has 6 nitrogen and oxygen atoms in total. The number of hydrogen-bond acceptors (Lipinski definition) is 2. The van der Waals surface area contributed by atoms with Gasteiger partial charge in [-0.3, -0.25) is 23.6 Å². The first-order chi connectivity index (χ1) is 7.75. The molecule has 0 aromatic heterocycles. The Labute approximate surface area is 105 Å². The highest BCUT2D eigenvalue weighted by atomic mass is 31.2. The van der Waals surface area contributed by atoms with Crippen LogP contribution in [0.25, 0.3) is 0 Å². The van der Waals surface area contributed by atoms with E-state index < -0.39 is 7.51 Å². The third-order valence-corrected chi connectivity index (χ3v) is 6.18. The van der Waals surface area contributed by atoms with E-state index in [2.05, 4.69) is 19.3 Å². The number of nitrogens with zero attached hydrogens (tertiary/aromatic N) is 4. The Morgan fingerprint density at radius 2 is 1.47 bits per heavy atom. The third-order valence-electron chi connectivity index (χ3n) is 2.39. The molecular weight excluding hydrogens is 237 g/mol. The van der Waals surface area contributed by atoms with Crippen LogP contribution in [0.2, 0.25) is 0 Å². The van der Waals surface area contributed by atoms with E-state index in [1.807, 2.05) is 42.3 Å². The van der Waals surface area contributed by atoms with Crippen molar-refractivity contribution in [3.8, 4) is 0 Å². The van der Waals surface area contributed by atoms with Crippen LogP contribution in [0.1, 0.15) is 6.92 Å². The minimum absolute atomic E-state index is 0.0105. The maximum Gasteiger partial charge on any atom is 0.216 e. The molecule has 17 heavy (non-hydrogen) atoms. The van der Waals surface area contributed by atoms with Gasteiger partial charge in [0.2, 0.25) is 5.91 Å². The maximum atomic E-state index is 10.8. The van der Waals surface area contributed by atoms with Crippen molar-refractivity contribution in [3.63, 3.8) is 0 Å². The lowest BCUT2D eigenvalue weighted by Gasteiger charge is -2.41. The van der Waals surface area contributed by atoms with Gasteiger partial charge in [-0.1, -0.05) is 0 Å². The van der Waals surface area contributed by atoms with Crippen molar-refractivity contribution in [3.05, 3.63) is 0 Å². The van der Waals surface area contributed by atoms with Gasteiger partial charge >= 0.3 is 0 Å². The zero-order valence-electron chi connectivity index (χ0n) is 12.1. The first kappa shape index (κ1) is 16.6. The minimum Gasteiger partial charge on any atom is -0.354 e. The summed E-state index contributed by atoms with van der Waals surface area (Å²) in [7, 11) is 10.4. The second-order valence-corrected chi connectivity index (χ2v) is 8.18. The van der Waals surface area contributed by atoms with Crippen LogP contribution in [-0.2, 0) is 4.79 Å². The molecular formula is C10H26N5OP. The van der Waals surface area contributed by atoms with Gasteiger partial charge in [-0.25, -0.2) is 0 Å². The summed E-state index contributed by atoms with van der Waals surface area (Å²) in [5.74, 6) is -0.0105. The predicted octanol–water partition coefficient (Wildman–Crippen LogP) is 0.754. The first-order valence-electron chi connectivity index (χ1n) is 5.61. The Balaban J connectivity index is 4.90. The highest BCUT2D eigenvalue weighted by Crippen LogP contribution is 2.54. The largest absolute Gasteiger partial charge is 0.354 e. The Hall–Kier alpha value is -0.420. The fourth-order valence-electron chi connectivity index (χ4n) is 1.87. The van der Waals surface area contributed by atoms with Crippen LogP contribution in [0, 0.1) is 0 Å². The zero-order valence-corrected chi connectivity index (χ0v) is 13.0. The number of carbonyl (C=O) groups excluding carboxylic acids is 1. The molecule has 0 spiro atoms. The normalized spacial score (nSPS) is 12.4. The third kappa shape index (κ3) is 4.39. The second kappa shape index (κ2) is 7.11. The van der Waals surface area contributed by atoms with E-state index in [0.29, 0.717) is 13.1 Å². The molecule has 0 fully saturated rings. The summed E-state index contributed by atoms with van der Waals surface area (Å²) in [5, 5.41) is 2.76. The number of rotatable bonds is 6. The van der Waals surface area contributed by atoms with E-state index in [4.69, 9.17) is 4.74 Å². The summed E-state index contributed by atoms with van der Waals surface area (Å²) in [5.41, 5.74) is 0. The molecule has 0 aromatic carbocycles. The molecule has 1 amide bonds. The minimum atomic E-state index is -1.80. The molecule has 0 aliphatic rings. The number of carbonyl (C=O) groups is 1. The summed E-state index contributed by atoms with van der Waals surface area (Å²) >= 11 is 0. The summed E-state index contributed by atoms with van der Waals surface area (Å²) in [6.45, 7) is 2.74. The fraction of sp³-hybridized carbons (Fsp3) is 0.900. The SMILES string of the molecule is CC(=O)NCCN=P(N(C)C)(N(C)C)N(C)C. The molecule has 7 heteroatoms. The van der Waals surface area contributed by atoms with Crippen molar-refractivity contribution in [2.24, 2.45) is 4.74 Å². The number of hydrogen-bond donors (Lipinski definition) is 1. The lowest BCUT2D eigenvalue weighted by molar-refractivity contribution is -0.118. The highest BCUT2D eigenvalue weighted by Gasteiger charge is 2.27. The van der Waals surface area contributed by atoms with Crippen molar-refractivity contribution < 1.29 is 4.79 Å². The Bertz CT molecular complexity index is 273. The van der Waals surface area contributed by atoms with Gasteiger partial charge in [-0.15, -0.1) is 0 Å². The van der Waals surface area contributed by atoms with E-state index in [1.54, 1.807) is 0 Å². The molecule has 0 unspecified atom stereocenters. The van der Waals surface area contributed by atoms with Gasteiger partial charge in [-0.2, -0.15) is 0 Å². The van der Waals surface area contributed by atoms with Crippen molar-refractivity contribution in [2.45, 2.75) is 6.92 Å². The lowest BCUT2D eigenvalue weighted by Crippen LogP contribution is -2.31. The first-order valence-corrected chi connectivity index (χ1v) is 7.21. The standard InChI is InChI=1S/C10H26N5OP/c1-10(16)11-8-9-12-17(13(2)3,14(4)5)15(6)7/h8-9H2,1-7H3,(H,11,16). The summed E-state index contributed by atoms with van der Waals surface area (Å²) in [6, 6.07) is 0. The molecule has 0 radical (unpaired) electrons. The molecule has 1 N–H and O–H groups in total. The average Bonchev–Trinajstić information content (AvgIpc) is 2.15. The van der Waals surface area contributed by atoms with Gasteiger partial charge in [0, 0.05) is 13.5 Å². The summed E-state index contributed by atoms with van der Waals surface area (Å²) in [6.07, 6.45) is 0. The van der Waals surface area contributed by atoms with E-state index in [9.17, 15) is 4.79 Å². The van der Waals surface area contributed by atoms with E-state index in [-0.39, 0.29) is 5.91 Å². The zero-order chi connectivity index (χ0) is 13.6. The van der Waals surface area contributed by atoms with Crippen LogP contribution >= 0.6 is 7.51 Å². The average molecular weight is 263 g/mol. The van der Waals surface area contributed by atoms with Crippen molar-refractivity contribution >= 4 is 13.4 Å². The quantitative estimate of drug-likeness (QED) is 0.567. The molecule has 0 aliphatic carbocycles.